The third-order valence-corrected chi connectivity index (χ3v) is 1.98. The van der Waals surface area contributed by atoms with Crippen molar-refractivity contribution in [2.24, 2.45) is 0 Å². The van der Waals surface area contributed by atoms with E-state index >= 15 is 0 Å². The summed E-state index contributed by atoms with van der Waals surface area (Å²) in [5, 5.41) is 10.9. The Bertz CT molecular complexity index is 235. The molecule has 0 aromatic carbocycles. The second-order valence-electron chi connectivity index (χ2n) is 3.25. The van der Waals surface area contributed by atoms with Gasteiger partial charge in [-0.1, -0.05) is 0 Å². The number of nitrogens with one attached hydrogen (secondary N) is 1. The van der Waals surface area contributed by atoms with Gasteiger partial charge in [0.2, 0.25) is 0 Å². The van der Waals surface area contributed by atoms with Crippen LogP contribution < -0.4 is 5.32 Å². The molecule has 0 unspecified atom stereocenters. The lowest BCUT2D eigenvalue weighted by Gasteiger charge is -2.20. The Morgan fingerprint density at radius 3 is 2.59 bits per heavy atom. The first-order valence-corrected chi connectivity index (χ1v) is 5.43. The van der Waals surface area contributed by atoms with Gasteiger partial charge in [0.25, 0.3) is 0 Å². The van der Waals surface area contributed by atoms with Crippen molar-refractivity contribution in [3.63, 3.8) is 0 Å². The van der Waals surface area contributed by atoms with Crippen LogP contribution >= 0.6 is 0 Å². The van der Waals surface area contributed by atoms with E-state index in [2.05, 4.69) is 5.32 Å². The molecule has 7 nitrogen and oxygen atoms in total. The van der Waals surface area contributed by atoms with E-state index in [0.717, 1.165) is 0 Å². The largest absolute Gasteiger partial charge is 0.480 e. The highest BCUT2D eigenvalue weighted by Gasteiger charge is 2.09. The quantitative estimate of drug-likeness (QED) is 0.550. The van der Waals surface area contributed by atoms with Crippen LogP contribution in [-0.2, 0) is 14.3 Å². The minimum Gasteiger partial charge on any atom is -0.480 e. The summed E-state index contributed by atoms with van der Waals surface area (Å²) in [6.07, 6.45) is 0. The summed E-state index contributed by atoms with van der Waals surface area (Å²) in [4.78, 5) is 23.3. The van der Waals surface area contributed by atoms with Gasteiger partial charge in [-0.15, -0.1) is 0 Å². The third kappa shape index (κ3) is 8.47. The molecule has 0 aliphatic rings. The molecule has 17 heavy (non-hydrogen) atoms. The molecule has 2 amide bonds. The number of nitrogens with zero attached hydrogens (tertiary/aromatic N) is 1. The highest BCUT2D eigenvalue weighted by molar-refractivity contribution is 5.74. The molecule has 0 atom stereocenters. The minimum atomic E-state index is -1.02. The Kier molecular flexibility index (Phi) is 9.08. The number of carbonyl (C=O) groups excluding carboxylic acids is 1. The average molecular weight is 248 g/mol. The Hall–Kier alpha value is -1.34. The maximum absolute atomic E-state index is 11.6. The second kappa shape index (κ2) is 9.86. The fraction of sp³-hybridized carbons (Fsp3) is 0.800. The predicted molar refractivity (Wildman–Crippen MR) is 61.0 cm³/mol. The van der Waals surface area contributed by atoms with Crippen LogP contribution in [0.3, 0.4) is 0 Å². The summed E-state index contributed by atoms with van der Waals surface area (Å²) in [5.41, 5.74) is 0. The number of hydrogen-bond acceptors (Lipinski definition) is 4. The molecule has 0 radical (unpaired) electrons. The second-order valence-corrected chi connectivity index (χ2v) is 3.25. The van der Waals surface area contributed by atoms with Crippen LogP contribution in [0.25, 0.3) is 0 Å². The van der Waals surface area contributed by atoms with E-state index in [1.54, 1.807) is 12.0 Å². The Morgan fingerprint density at radius 1 is 1.35 bits per heavy atom. The first-order chi connectivity index (χ1) is 8.11. The molecule has 0 bridgehead atoms. The van der Waals surface area contributed by atoms with Gasteiger partial charge in [0.05, 0.1) is 13.2 Å². The zero-order chi connectivity index (χ0) is 13.1. The number of carboxylic acid groups (broad SMARTS) is 1. The molecule has 0 fully saturated rings. The number of likely N-dealkylation sites (N-methyl/N-ethyl adjacent to an activating group) is 1. The lowest BCUT2D eigenvalue weighted by Crippen LogP contribution is -2.42. The van der Waals surface area contributed by atoms with Crippen LogP contribution in [0, 0.1) is 0 Å². The smallest absolute Gasteiger partial charge is 0.329 e. The number of carboxylic acids is 1. The SMILES string of the molecule is CCN(CCOC)C(=O)NCCOCC(=O)O. The normalized spacial score (nSPS) is 10.0. The Labute approximate surface area is 101 Å². The highest BCUT2D eigenvalue weighted by Crippen LogP contribution is 1.89. The van der Waals surface area contributed by atoms with Gasteiger partial charge in [-0.2, -0.15) is 0 Å². The number of rotatable bonds is 9. The summed E-state index contributed by atoms with van der Waals surface area (Å²) in [7, 11) is 1.57. The van der Waals surface area contributed by atoms with Crippen molar-refractivity contribution in [1.29, 1.82) is 0 Å². The maximum atomic E-state index is 11.6. The third-order valence-electron chi connectivity index (χ3n) is 1.98. The van der Waals surface area contributed by atoms with Gasteiger partial charge in [0, 0.05) is 26.7 Å². The molecule has 2 N–H and O–H groups in total. The van der Waals surface area contributed by atoms with Gasteiger partial charge in [-0.3, -0.25) is 0 Å². The monoisotopic (exact) mass is 248 g/mol. The van der Waals surface area contributed by atoms with Gasteiger partial charge >= 0.3 is 12.0 Å². The number of ether oxygens (including phenoxy) is 2. The zero-order valence-electron chi connectivity index (χ0n) is 10.3. The molecule has 7 heteroatoms. The van der Waals surface area contributed by atoms with Crippen molar-refractivity contribution in [3.8, 4) is 0 Å². The van der Waals surface area contributed by atoms with E-state index in [9.17, 15) is 9.59 Å². The van der Waals surface area contributed by atoms with E-state index in [4.69, 9.17) is 14.6 Å². The van der Waals surface area contributed by atoms with E-state index in [0.29, 0.717) is 19.7 Å². The van der Waals surface area contributed by atoms with Crippen LogP contribution in [0.2, 0.25) is 0 Å². The molecule has 0 heterocycles. The van der Waals surface area contributed by atoms with E-state index in [1.165, 1.54) is 0 Å². The summed E-state index contributed by atoms with van der Waals surface area (Å²) in [6, 6.07) is -0.205. The van der Waals surface area contributed by atoms with Crippen molar-refractivity contribution in [2.45, 2.75) is 6.92 Å². The fourth-order valence-corrected chi connectivity index (χ4v) is 1.11. The fourth-order valence-electron chi connectivity index (χ4n) is 1.11. The van der Waals surface area contributed by atoms with Crippen LogP contribution in [0.1, 0.15) is 6.92 Å². The molecule has 0 aliphatic carbocycles. The number of urea groups is 1. The lowest BCUT2D eigenvalue weighted by atomic mass is 10.5. The van der Waals surface area contributed by atoms with E-state index in [1.807, 2.05) is 6.92 Å². The van der Waals surface area contributed by atoms with Crippen molar-refractivity contribution < 1.29 is 24.2 Å². The molecular formula is C10H20N2O5. The molecule has 0 aromatic heterocycles. The number of aliphatic carboxylic acids is 1. The molecule has 0 saturated heterocycles. The minimum absolute atomic E-state index is 0.180. The number of amides is 2. The molecule has 0 aliphatic heterocycles. The van der Waals surface area contributed by atoms with Gasteiger partial charge in [-0.25, -0.2) is 9.59 Å². The zero-order valence-corrected chi connectivity index (χ0v) is 10.3. The Balaban J connectivity index is 3.64. The molecule has 0 aromatic rings. The van der Waals surface area contributed by atoms with Crippen LogP contribution in [0.15, 0.2) is 0 Å². The van der Waals surface area contributed by atoms with Gasteiger partial charge in [-0.05, 0) is 6.92 Å². The molecule has 0 saturated carbocycles. The summed E-state index contributed by atoms with van der Waals surface area (Å²) in [6.45, 7) is 3.58. The van der Waals surface area contributed by atoms with Crippen LogP contribution in [-0.4, -0.2) is 68.6 Å². The first-order valence-electron chi connectivity index (χ1n) is 5.43. The highest BCUT2D eigenvalue weighted by atomic mass is 16.5. The van der Waals surface area contributed by atoms with Crippen molar-refractivity contribution in [1.82, 2.24) is 10.2 Å². The lowest BCUT2D eigenvalue weighted by molar-refractivity contribution is -0.142. The molecular weight excluding hydrogens is 228 g/mol. The van der Waals surface area contributed by atoms with Crippen molar-refractivity contribution in [3.05, 3.63) is 0 Å². The maximum Gasteiger partial charge on any atom is 0.329 e. The molecule has 0 rings (SSSR count). The number of methoxy groups -OCH3 is 1. The topological polar surface area (TPSA) is 88.1 Å². The van der Waals surface area contributed by atoms with Crippen LogP contribution in [0.5, 0.6) is 0 Å². The summed E-state index contributed by atoms with van der Waals surface area (Å²) in [5.74, 6) is -1.02. The van der Waals surface area contributed by atoms with Gasteiger partial charge < -0.3 is 24.8 Å². The molecule has 100 valence electrons. The van der Waals surface area contributed by atoms with Gasteiger partial charge in [0.1, 0.15) is 6.61 Å². The van der Waals surface area contributed by atoms with Crippen molar-refractivity contribution in [2.75, 3.05) is 46.6 Å². The number of carbonyl (C=O) groups is 2. The van der Waals surface area contributed by atoms with Gasteiger partial charge in [0.15, 0.2) is 0 Å². The van der Waals surface area contributed by atoms with Crippen molar-refractivity contribution >= 4 is 12.0 Å². The average Bonchev–Trinajstić information content (AvgIpc) is 2.29. The standard InChI is InChI=1S/C10H20N2O5/c1-3-12(5-7-16-2)10(15)11-4-6-17-8-9(13)14/h3-8H2,1-2H3,(H,11,15)(H,13,14). The first kappa shape index (κ1) is 15.7. The van der Waals surface area contributed by atoms with E-state index in [-0.39, 0.29) is 25.8 Å². The van der Waals surface area contributed by atoms with E-state index < -0.39 is 5.97 Å². The predicted octanol–water partition coefficient (Wildman–Crippen LogP) is -0.234. The number of hydrogen-bond donors (Lipinski definition) is 2. The Morgan fingerprint density at radius 2 is 2.06 bits per heavy atom. The van der Waals surface area contributed by atoms with Crippen LogP contribution in [0.4, 0.5) is 4.79 Å². The molecule has 0 spiro atoms. The summed E-state index contributed by atoms with van der Waals surface area (Å²) >= 11 is 0. The summed E-state index contributed by atoms with van der Waals surface area (Å²) < 4.78 is 9.66.